The number of nitrogens with one attached hydrogen (secondary N) is 1. The van der Waals surface area contributed by atoms with Gasteiger partial charge >= 0.3 is 5.97 Å². The number of benzene rings is 3. The number of rotatable bonds is 7. The summed E-state index contributed by atoms with van der Waals surface area (Å²) in [6.45, 7) is 0.410. The van der Waals surface area contributed by atoms with E-state index in [0.29, 0.717) is 24.3 Å². The Morgan fingerprint density at radius 1 is 0.947 bits per heavy atom. The fraction of sp³-hybridized carbons (Fsp3) is 0.143. The van der Waals surface area contributed by atoms with Crippen LogP contribution in [-0.4, -0.2) is 60.6 Å². The van der Waals surface area contributed by atoms with Gasteiger partial charge in [0.1, 0.15) is 12.4 Å². The molecule has 0 aliphatic carbocycles. The maximum atomic E-state index is 13.5. The predicted octanol–water partition coefficient (Wildman–Crippen LogP) is 3.40. The van der Waals surface area contributed by atoms with E-state index in [1.165, 1.54) is 41.4 Å². The van der Waals surface area contributed by atoms with Gasteiger partial charge in [0.2, 0.25) is 11.8 Å². The molecular weight excluding hydrogens is 484 g/mol. The van der Waals surface area contributed by atoms with E-state index in [9.17, 15) is 14.4 Å². The van der Waals surface area contributed by atoms with E-state index in [1.54, 1.807) is 11.0 Å². The third-order valence-corrected chi connectivity index (χ3v) is 6.51. The first-order valence-electron chi connectivity index (χ1n) is 12.0. The van der Waals surface area contributed by atoms with Gasteiger partial charge in [0.15, 0.2) is 0 Å². The van der Waals surface area contributed by atoms with Crippen molar-refractivity contribution in [2.45, 2.75) is 18.4 Å². The number of amides is 2. The number of likely N-dealkylation sites (tertiary alicyclic amines) is 1. The number of aromatic nitrogens is 4. The Kier molecular flexibility index (Phi) is 7.03. The zero-order valence-corrected chi connectivity index (χ0v) is 20.2. The fourth-order valence-electron chi connectivity index (χ4n) is 4.69. The number of carboxylic acid groups (broad SMARTS) is 1. The lowest BCUT2D eigenvalue weighted by Crippen LogP contribution is -2.44. The molecule has 1 aromatic heterocycles. The van der Waals surface area contributed by atoms with Crippen LogP contribution in [0.4, 0.5) is 5.69 Å². The predicted molar refractivity (Wildman–Crippen MR) is 140 cm³/mol. The Balaban J connectivity index is 1.40. The fourth-order valence-corrected chi connectivity index (χ4v) is 4.69. The number of hydrogen-bond acceptors (Lipinski definition) is 6. The minimum Gasteiger partial charge on any atom is -0.478 e. The third-order valence-electron chi connectivity index (χ3n) is 6.51. The molecule has 2 heterocycles. The monoisotopic (exact) mass is 508 g/mol. The van der Waals surface area contributed by atoms with Gasteiger partial charge in [-0.2, -0.15) is 4.68 Å². The Morgan fingerprint density at radius 3 is 2.39 bits per heavy atom. The zero-order chi connectivity index (χ0) is 26.5. The second-order valence-corrected chi connectivity index (χ2v) is 8.80. The molecule has 0 spiro atoms. The van der Waals surface area contributed by atoms with Gasteiger partial charge in [-0.05, 0) is 58.8 Å². The van der Waals surface area contributed by atoms with Crippen LogP contribution in [0.2, 0.25) is 0 Å². The Morgan fingerprint density at radius 2 is 1.68 bits per heavy atom. The molecule has 190 valence electrons. The topological polar surface area (TPSA) is 130 Å². The number of carboxylic acids is 1. The summed E-state index contributed by atoms with van der Waals surface area (Å²) in [6, 6.07) is 22.2. The van der Waals surface area contributed by atoms with Gasteiger partial charge in [0.05, 0.1) is 11.3 Å². The molecule has 4 aromatic rings. The van der Waals surface area contributed by atoms with Gasteiger partial charge < -0.3 is 15.3 Å². The van der Waals surface area contributed by atoms with Crippen molar-refractivity contribution in [3.63, 3.8) is 0 Å². The summed E-state index contributed by atoms with van der Waals surface area (Å²) in [7, 11) is 0. The highest BCUT2D eigenvalue weighted by atomic mass is 16.4. The van der Waals surface area contributed by atoms with E-state index in [-0.39, 0.29) is 23.3 Å². The van der Waals surface area contributed by atoms with Crippen LogP contribution in [-0.2, 0) is 9.59 Å². The van der Waals surface area contributed by atoms with Crippen molar-refractivity contribution in [2.75, 3.05) is 11.9 Å². The molecule has 1 fully saturated rings. The Bertz CT molecular complexity index is 1470. The molecule has 38 heavy (non-hydrogen) atoms. The molecule has 0 unspecified atom stereocenters. The van der Waals surface area contributed by atoms with Gasteiger partial charge in [0.25, 0.3) is 0 Å². The first kappa shape index (κ1) is 24.6. The summed E-state index contributed by atoms with van der Waals surface area (Å²) >= 11 is 0. The van der Waals surface area contributed by atoms with Crippen LogP contribution in [0.1, 0.15) is 33.8 Å². The molecule has 0 radical (unpaired) electrons. The summed E-state index contributed by atoms with van der Waals surface area (Å²) < 4.78 is 1.51. The number of nitrogens with zero attached hydrogens (tertiary/aromatic N) is 5. The highest BCUT2D eigenvalue weighted by Crippen LogP contribution is 2.34. The highest BCUT2D eigenvalue weighted by Gasteiger charge is 2.42. The number of carbonyl (C=O) groups excluding carboxylic acids is 2. The lowest BCUT2D eigenvalue weighted by Gasteiger charge is -2.27. The van der Waals surface area contributed by atoms with Crippen molar-refractivity contribution < 1.29 is 19.5 Å². The van der Waals surface area contributed by atoms with Crippen LogP contribution in [0.5, 0.6) is 0 Å². The van der Waals surface area contributed by atoms with Gasteiger partial charge in [-0.3, -0.25) is 9.59 Å². The standard InChI is InChI=1S/C28H24N6O4/c35-25(15-12-20-8-4-5-9-24(20)34-18-29-31-32-34)33-17-16-23(19-6-2-1-3-7-19)26(33)27(36)30-22-13-10-21(11-14-22)28(37)38/h1-15,18,23,26H,16-17H2,(H,30,36)(H,37,38)/b15-12+/t23-,26+/m1/s1. The number of hydrogen-bond donors (Lipinski definition) is 2. The number of carbonyl (C=O) groups is 3. The molecule has 2 amide bonds. The second-order valence-electron chi connectivity index (χ2n) is 8.80. The number of tetrazole rings is 1. The van der Waals surface area contributed by atoms with Gasteiger partial charge in [-0.15, -0.1) is 5.10 Å². The molecule has 10 nitrogen and oxygen atoms in total. The largest absolute Gasteiger partial charge is 0.478 e. The maximum Gasteiger partial charge on any atom is 0.335 e. The van der Waals surface area contributed by atoms with E-state index in [0.717, 1.165) is 11.1 Å². The van der Waals surface area contributed by atoms with Crippen molar-refractivity contribution in [3.8, 4) is 5.69 Å². The number of anilines is 1. The molecule has 5 rings (SSSR count). The molecule has 3 aromatic carbocycles. The van der Waals surface area contributed by atoms with Gasteiger partial charge in [-0.1, -0.05) is 48.5 Å². The average molecular weight is 509 g/mol. The van der Waals surface area contributed by atoms with Gasteiger partial charge in [0, 0.05) is 29.8 Å². The molecule has 1 aliphatic heterocycles. The van der Waals surface area contributed by atoms with Crippen LogP contribution in [0, 0.1) is 0 Å². The molecular formula is C28H24N6O4. The molecule has 1 aliphatic rings. The van der Waals surface area contributed by atoms with Crippen LogP contribution in [0.3, 0.4) is 0 Å². The molecule has 10 heteroatoms. The molecule has 2 N–H and O–H groups in total. The van der Waals surface area contributed by atoms with Crippen LogP contribution < -0.4 is 5.32 Å². The third kappa shape index (κ3) is 5.19. The first-order valence-corrected chi connectivity index (χ1v) is 12.0. The number of aromatic carboxylic acids is 1. The van der Waals surface area contributed by atoms with Crippen LogP contribution in [0.15, 0.2) is 91.3 Å². The second kappa shape index (κ2) is 10.9. The molecule has 0 saturated carbocycles. The van der Waals surface area contributed by atoms with Crippen molar-refractivity contribution in [3.05, 3.63) is 108 Å². The van der Waals surface area contributed by atoms with E-state index in [4.69, 9.17) is 5.11 Å². The van der Waals surface area contributed by atoms with Gasteiger partial charge in [-0.25, -0.2) is 4.79 Å². The van der Waals surface area contributed by atoms with Crippen molar-refractivity contribution >= 4 is 29.5 Å². The molecule has 2 atom stereocenters. The zero-order valence-electron chi connectivity index (χ0n) is 20.2. The summed E-state index contributed by atoms with van der Waals surface area (Å²) in [5.74, 6) is -1.88. The summed E-state index contributed by atoms with van der Waals surface area (Å²) in [4.78, 5) is 39.7. The SMILES string of the molecule is O=C(O)c1ccc(NC(=O)[C@@H]2[C@@H](c3ccccc3)CCN2C(=O)/C=C/c2ccccc2-n2cnnn2)cc1. The molecule has 0 bridgehead atoms. The summed E-state index contributed by atoms with van der Waals surface area (Å²) in [6.07, 6.45) is 5.25. The van der Waals surface area contributed by atoms with Crippen molar-refractivity contribution in [1.29, 1.82) is 0 Å². The minimum absolute atomic E-state index is 0.120. The van der Waals surface area contributed by atoms with Crippen molar-refractivity contribution in [2.24, 2.45) is 0 Å². The van der Waals surface area contributed by atoms with E-state index < -0.39 is 12.0 Å². The number of para-hydroxylation sites is 1. The van der Waals surface area contributed by atoms with E-state index in [1.807, 2.05) is 54.6 Å². The first-order chi connectivity index (χ1) is 18.5. The molecule has 1 saturated heterocycles. The van der Waals surface area contributed by atoms with Crippen molar-refractivity contribution in [1.82, 2.24) is 25.1 Å². The quantitative estimate of drug-likeness (QED) is 0.366. The van der Waals surface area contributed by atoms with E-state index >= 15 is 0 Å². The maximum absolute atomic E-state index is 13.5. The van der Waals surface area contributed by atoms with E-state index in [2.05, 4.69) is 20.8 Å². The lowest BCUT2D eigenvalue weighted by atomic mass is 9.91. The Labute approximate surface area is 218 Å². The smallest absolute Gasteiger partial charge is 0.335 e. The van der Waals surface area contributed by atoms with Crippen LogP contribution in [0.25, 0.3) is 11.8 Å². The average Bonchev–Trinajstić information content (AvgIpc) is 3.64. The van der Waals surface area contributed by atoms with Crippen LogP contribution >= 0.6 is 0 Å². The summed E-state index contributed by atoms with van der Waals surface area (Å²) in [5, 5.41) is 23.3. The highest BCUT2D eigenvalue weighted by molar-refractivity contribution is 6.01. The minimum atomic E-state index is -1.05. The normalized spacial score (nSPS) is 17.0. The Hall–Kier alpha value is -5.12. The summed E-state index contributed by atoms with van der Waals surface area (Å²) in [5.41, 5.74) is 3.00. The lowest BCUT2D eigenvalue weighted by molar-refractivity contribution is -0.133.